The van der Waals surface area contributed by atoms with Gasteiger partial charge in [0.1, 0.15) is 0 Å². The molecule has 0 saturated carbocycles. The standard InChI is InChI=1S/C11H10Br2N2/c1-2-14-9-5-6-15-11-8(13)4-3-7(12)10(9)11/h3-6H,2H2,1H3,(H,14,15). The first kappa shape index (κ1) is 10.9. The maximum atomic E-state index is 4.37. The summed E-state index contributed by atoms with van der Waals surface area (Å²) in [7, 11) is 0. The smallest absolute Gasteiger partial charge is 0.0876 e. The fourth-order valence-electron chi connectivity index (χ4n) is 1.53. The van der Waals surface area contributed by atoms with Crippen molar-refractivity contribution < 1.29 is 0 Å². The minimum atomic E-state index is 0.901. The summed E-state index contributed by atoms with van der Waals surface area (Å²) >= 11 is 7.06. The number of halogens is 2. The first-order valence-electron chi connectivity index (χ1n) is 4.70. The van der Waals surface area contributed by atoms with Crippen LogP contribution in [0.25, 0.3) is 10.9 Å². The molecule has 0 aliphatic heterocycles. The molecule has 1 heterocycles. The highest BCUT2D eigenvalue weighted by Crippen LogP contribution is 2.33. The molecule has 1 N–H and O–H groups in total. The Kier molecular flexibility index (Phi) is 3.26. The van der Waals surface area contributed by atoms with Gasteiger partial charge in [0.25, 0.3) is 0 Å². The minimum Gasteiger partial charge on any atom is -0.385 e. The van der Waals surface area contributed by atoms with Crippen molar-refractivity contribution in [2.75, 3.05) is 11.9 Å². The zero-order valence-corrected chi connectivity index (χ0v) is 11.4. The van der Waals surface area contributed by atoms with Gasteiger partial charge in [-0.1, -0.05) is 15.9 Å². The summed E-state index contributed by atoms with van der Waals surface area (Å²) in [4.78, 5) is 4.37. The summed E-state index contributed by atoms with van der Waals surface area (Å²) in [5, 5.41) is 4.45. The first-order chi connectivity index (χ1) is 7.24. The Bertz CT molecular complexity index is 497. The summed E-state index contributed by atoms with van der Waals surface area (Å²) in [6, 6.07) is 6.01. The Morgan fingerprint density at radius 3 is 2.67 bits per heavy atom. The van der Waals surface area contributed by atoms with Gasteiger partial charge in [0.15, 0.2) is 0 Å². The number of fused-ring (bicyclic) bond motifs is 1. The molecule has 0 aliphatic carbocycles. The fraction of sp³-hybridized carbons (Fsp3) is 0.182. The molecule has 2 aromatic rings. The van der Waals surface area contributed by atoms with Crippen LogP contribution in [-0.2, 0) is 0 Å². The molecule has 0 aliphatic rings. The summed E-state index contributed by atoms with van der Waals surface area (Å²) in [6.07, 6.45) is 1.82. The number of hydrogen-bond donors (Lipinski definition) is 1. The summed E-state index contributed by atoms with van der Waals surface area (Å²) < 4.78 is 2.07. The van der Waals surface area contributed by atoms with Crippen LogP contribution in [0.4, 0.5) is 5.69 Å². The molecule has 0 saturated heterocycles. The van der Waals surface area contributed by atoms with Crippen LogP contribution in [0.5, 0.6) is 0 Å². The lowest BCUT2D eigenvalue weighted by Crippen LogP contribution is -1.98. The van der Waals surface area contributed by atoms with Gasteiger partial charge in [-0.3, -0.25) is 4.98 Å². The highest BCUT2D eigenvalue weighted by atomic mass is 79.9. The minimum absolute atomic E-state index is 0.901. The molecule has 0 amide bonds. The third-order valence-corrected chi connectivity index (χ3v) is 3.46. The van der Waals surface area contributed by atoms with Crippen LogP contribution in [0.2, 0.25) is 0 Å². The van der Waals surface area contributed by atoms with E-state index in [0.29, 0.717) is 0 Å². The number of anilines is 1. The molecule has 4 heteroatoms. The number of hydrogen-bond acceptors (Lipinski definition) is 2. The Labute approximate surface area is 105 Å². The highest BCUT2D eigenvalue weighted by molar-refractivity contribution is 9.11. The fourth-order valence-corrected chi connectivity index (χ4v) is 2.50. The molecular weight excluding hydrogens is 320 g/mol. The van der Waals surface area contributed by atoms with E-state index in [4.69, 9.17) is 0 Å². The quantitative estimate of drug-likeness (QED) is 0.893. The van der Waals surface area contributed by atoms with E-state index in [2.05, 4.69) is 49.1 Å². The molecule has 1 aromatic heterocycles. The molecule has 2 nitrogen and oxygen atoms in total. The molecule has 0 fully saturated rings. The number of benzene rings is 1. The van der Waals surface area contributed by atoms with Gasteiger partial charge in [0.2, 0.25) is 0 Å². The lowest BCUT2D eigenvalue weighted by molar-refractivity contribution is 1.21. The van der Waals surface area contributed by atoms with Gasteiger partial charge in [0, 0.05) is 32.8 Å². The number of aromatic nitrogens is 1. The van der Waals surface area contributed by atoms with E-state index in [9.17, 15) is 0 Å². The van der Waals surface area contributed by atoms with Gasteiger partial charge >= 0.3 is 0 Å². The molecule has 0 radical (unpaired) electrons. The van der Waals surface area contributed by atoms with Crippen molar-refractivity contribution in [1.82, 2.24) is 4.98 Å². The predicted octanol–water partition coefficient (Wildman–Crippen LogP) is 4.19. The molecule has 0 atom stereocenters. The van der Waals surface area contributed by atoms with Crippen molar-refractivity contribution in [1.29, 1.82) is 0 Å². The van der Waals surface area contributed by atoms with E-state index in [1.54, 1.807) is 0 Å². The maximum absolute atomic E-state index is 4.37. The van der Waals surface area contributed by atoms with E-state index in [0.717, 1.165) is 32.1 Å². The molecule has 0 spiro atoms. The van der Waals surface area contributed by atoms with Gasteiger partial charge in [-0.05, 0) is 41.1 Å². The molecule has 15 heavy (non-hydrogen) atoms. The van der Waals surface area contributed by atoms with Gasteiger partial charge in [0.05, 0.1) is 5.52 Å². The molecule has 78 valence electrons. The normalized spacial score (nSPS) is 10.6. The Morgan fingerprint density at radius 2 is 1.93 bits per heavy atom. The van der Waals surface area contributed by atoms with Crippen molar-refractivity contribution in [3.63, 3.8) is 0 Å². The second-order valence-corrected chi connectivity index (χ2v) is 4.85. The number of pyridine rings is 1. The predicted molar refractivity (Wildman–Crippen MR) is 71.3 cm³/mol. The first-order valence-corrected chi connectivity index (χ1v) is 6.29. The van der Waals surface area contributed by atoms with Gasteiger partial charge in [-0.2, -0.15) is 0 Å². The average molecular weight is 330 g/mol. The van der Waals surface area contributed by atoms with Crippen LogP contribution in [0.3, 0.4) is 0 Å². The summed E-state index contributed by atoms with van der Waals surface area (Å²) in [6.45, 7) is 2.98. The van der Waals surface area contributed by atoms with Crippen LogP contribution in [0, 0.1) is 0 Å². The molecule has 0 bridgehead atoms. The number of nitrogens with zero attached hydrogens (tertiary/aromatic N) is 1. The van der Waals surface area contributed by atoms with Crippen LogP contribution in [0.15, 0.2) is 33.3 Å². The van der Waals surface area contributed by atoms with E-state index in [1.807, 2.05) is 24.4 Å². The van der Waals surface area contributed by atoms with Gasteiger partial charge < -0.3 is 5.32 Å². The zero-order chi connectivity index (χ0) is 10.8. The molecule has 0 unspecified atom stereocenters. The largest absolute Gasteiger partial charge is 0.385 e. The van der Waals surface area contributed by atoms with E-state index in [1.165, 1.54) is 0 Å². The average Bonchev–Trinajstić information content (AvgIpc) is 2.24. The van der Waals surface area contributed by atoms with Crippen LogP contribution < -0.4 is 5.32 Å². The van der Waals surface area contributed by atoms with Crippen molar-refractivity contribution in [3.05, 3.63) is 33.3 Å². The highest BCUT2D eigenvalue weighted by Gasteiger charge is 2.07. The Balaban J connectivity index is 2.78. The second-order valence-electron chi connectivity index (χ2n) is 3.14. The Morgan fingerprint density at radius 1 is 1.20 bits per heavy atom. The lowest BCUT2D eigenvalue weighted by atomic mass is 10.2. The van der Waals surface area contributed by atoms with Crippen molar-refractivity contribution in [3.8, 4) is 0 Å². The van der Waals surface area contributed by atoms with Crippen LogP contribution in [-0.4, -0.2) is 11.5 Å². The van der Waals surface area contributed by atoms with Crippen LogP contribution in [0.1, 0.15) is 6.92 Å². The maximum Gasteiger partial charge on any atom is 0.0876 e. The lowest BCUT2D eigenvalue weighted by Gasteiger charge is -2.09. The Hall–Kier alpha value is -0.610. The van der Waals surface area contributed by atoms with E-state index >= 15 is 0 Å². The second kappa shape index (κ2) is 4.49. The third-order valence-electron chi connectivity index (χ3n) is 2.16. The topological polar surface area (TPSA) is 24.9 Å². The van der Waals surface area contributed by atoms with Gasteiger partial charge in [-0.15, -0.1) is 0 Å². The van der Waals surface area contributed by atoms with E-state index < -0.39 is 0 Å². The summed E-state index contributed by atoms with van der Waals surface area (Å²) in [5.41, 5.74) is 2.08. The van der Waals surface area contributed by atoms with Crippen molar-refractivity contribution >= 4 is 48.5 Å². The van der Waals surface area contributed by atoms with Crippen molar-refractivity contribution in [2.24, 2.45) is 0 Å². The molecular formula is C11H10Br2N2. The molecule has 1 aromatic carbocycles. The van der Waals surface area contributed by atoms with Gasteiger partial charge in [-0.25, -0.2) is 0 Å². The van der Waals surface area contributed by atoms with E-state index in [-0.39, 0.29) is 0 Å². The monoisotopic (exact) mass is 328 g/mol. The zero-order valence-electron chi connectivity index (χ0n) is 8.22. The molecule has 2 rings (SSSR count). The summed E-state index contributed by atoms with van der Waals surface area (Å²) in [5.74, 6) is 0. The number of nitrogens with one attached hydrogen (secondary N) is 1. The van der Waals surface area contributed by atoms with Crippen LogP contribution >= 0.6 is 31.9 Å². The SMILES string of the molecule is CCNc1ccnc2c(Br)ccc(Br)c12. The number of rotatable bonds is 2. The third kappa shape index (κ3) is 2.01. The van der Waals surface area contributed by atoms with Crippen molar-refractivity contribution in [2.45, 2.75) is 6.92 Å².